The molecule has 3 aromatic carbocycles. The number of benzene rings is 3. The van der Waals surface area contributed by atoms with E-state index in [4.69, 9.17) is 27.3 Å². The normalized spacial score (nSPS) is 11.2. The van der Waals surface area contributed by atoms with Crippen molar-refractivity contribution in [1.82, 2.24) is 19.9 Å². The summed E-state index contributed by atoms with van der Waals surface area (Å²) in [5.74, 6) is 0.0730. The first-order chi connectivity index (χ1) is 16.6. The maximum absolute atomic E-state index is 13.3. The summed E-state index contributed by atoms with van der Waals surface area (Å²) in [6.45, 7) is 0.918. The van der Waals surface area contributed by atoms with Crippen molar-refractivity contribution in [2.24, 2.45) is 0 Å². The summed E-state index contributed by atoms with van der Waals surface area (Å²) in [7, 11) is 0. The average molecular weight is 470 g/mol. The standard InChI is InChI=1S/C27H24ClN5O/c28-20-13-5-4-12-19(20)17-33-25(29)23(24-26(33)32-22-15-7-6-14-21(22)31-24)27(34)30-16-8-11-18-9-2-1-3-10-18/h1-7,9-10,12-15H,8,11,16-17,29H2,(H,30,34). The zero-order chi connectivity index (χ0) is 23.5. The molecule has 0 atom stereocenters. The number of hydrogen-bond donors (Lipinski definition) is 2. The summed E-state index contributed by atoms with van der Waals surface area (Å²) in [6, 6.07) is 25.4. The summed E-state index contributed by atoms with van der Waals surface area (Å²) < 4.78 is 1.81. The molecule has 6 nitrogen and oxygen atoms in total. The molecule has 0 aliphatic heterocycles. The summed E-state index contributed by atoms with van der Waals surface area (Å²) in [4.78, 5) is 22.8. The van der Waals surface area contributed by atoms with Gasteiger partial charge in [0.05, 0.1) is 17.6 Å². The Balaban J connectivity index is 1.48. The molecule has 170 valence electrons. The van der Waals surface area contributed by atoms with E-state index in [0.717, 1.165) is 23.9 Å². The van der Waals surface area contributed by atoms with Crippen LogP contribution in [-0.4, -0.2) is 27.0 Å². The van der Waals surface area contributed by atoms with Crippen molar-refractivity contribution < 1.29 is 4.79 Å². The Morgan fingerprint density at radius 1 is 0.912 bits per heavy atom. The Bertz CT molecular complexity index is 1480. The fourth-order valence-electron chi connectivity index (χ4n) is 4.13. The second-order valence-electron chi connectivity index (χ2n) is 8.17. The first-order valence-corrected chi connectivity index (χ1v) is 11.6. The van der Waals surface area contributed by atoms with Gasteiger partial charge in [0.2, 0.25) is 0 Å². The zero-order valence-electron chi connectivity index (χ0n) is 18.5. The average Bonchev–Trinajstić information content (AvgIpc) is 3.12. The number of nitrogens with zero attached hydrogens (tertiary/aromatic N) is 3. The smallest absolute Gasteiger partial charge is 0.257 e. The molecule has 0 aliphatic rings. The van der Waals surface area contributed by atoms with Crippen molar-refractivity contribution in [3.05, 3.63) is 101 Å². The summed E-state index contributed by atoms with van der Waals surface area (Å²) in [6.07, 6.45) is 1.71. The second-order valence-corrected chi connectivity index (χ2v) is 8.57. The van der Waals surface area contributed by atoms with Crippen LogP contribution in [0.15, 0.2) is 78.9 Å². The highest BCUT2D eigenvalue weighted by Crippen LogP contribution is 2.29. The minimum absolute atomic E-state index is 0.252. The van der Waals surface area contributed by atoms with Crippen LogP contribution >= 0.6 is 11.6 Å². The number of carbonyl (C=O) groups is 1. The van der Waals surface area contributed by atoms with Gasteiger partial charge in [-0.3, -0.25) is 4.79 Å². The van der Waals surface area contributed by atoms with Crippen LogP contribution in [0.4, 0.5) is 5.82 Å². The quantitative estimate of drug-likeness (QED) is 0.319. The van der Waals surface area contributed by atoms with Gasteiger partial charge in [-0.1, -0.05) is 72.3 Å². The largest absolute Gasteiger partial charge is 0.384 e. The Hall–Kier alpha value is -3.90. The molecule has 5 aromatic rings. The number of aromatic nitrogens is 3. The van der Waals surface area contributed by atoms with Crippen molar-refractivity contribution >= 4 is 45.5 Å². The molecule has 0 spiro atoms. The molecule has 0 radical (unpaired) electrons. The maximum Gasteiger partial charge on any atom is 0.257 e. The number of rotatable bonds is 7. The van der Waals surface area contributed by atoms with Crippen LogP contribution in [0.5, 0.6) is 0 Å². The molecule has 7 heteroatoms. The minimum atomic E-state index is -0.252. The van der Waals surface area contributed by atoms with Crippen molar-refractivity contribution in [3.63, 3.8) is 0 Å². The van der Waals surface area contributed by atoms with Crippen LogP contribution in [-0.2, 0) is 13.0 Å². The lowest BCUT2D eigenvalue weighted by Crippen LogP contribution is -2.25. The summed E-state index contributed by atoms with van der Waals surface area (Å²) >= 11 is 6.41. The van der Waals surface area contributed by atoms with E-state index in [1.54, 1.807) is 0 Å². The van der Waals surface area contributed by atoms with Crippen LogP contribution in [0, 0.1) is 0 Å². The first-order valence-electron chi connectivity index (χ1n) is 11.2. The molecule has 5 rings (SSSR count). The second kappa shape index (κ2) is 9.53. The highest BCUT2D eigenvalue weighted by Gasteiger charge is 2.24. The van der Waals surface area contributed by atoms with Crippen molar-refractivity contribution in [2.45, 2.75) is 19.4 Å². The molecule has 0 saturated carbocycles. The van der Waals surface area contributed by atoms with Gasteiger partial charge in [-0.15, -0.1) is 0 Å². The third-order valence-electron chi connectivity index (χ3n) is 5.88. The lowest BCUT2D eigenvalue weighted by atomic mass is 10.1. The number of aryl methyl sites for hydroxylation is 1. The van der Waals surface area contributed by atoms with Crippen LogP contribution in [0.2, 0.25) is 5.02 Å². The lowest BCUT2D eigenvalue weighted by molar-refractivity contribution is 0.0955. The van der Waals surface area contributed by atoms with Crippen molar-refractivity contribution in [1.29, 1.82) is 0 Å². The predicted molar refractivity (Wildman–Crippen MR) is 137 cm³/mol. The maximum atomic E-state index is 13.3. The van der Waals surface area contributed by atoms with Crippen molar-refractivity contribution in [2.75, 3.05) is 12.3 Å². The molecule has 2 heterocycles. The van der Waals surface area contributed by atoms with Gasteiger partial charge in [0.1, 0.15) is 16.9 Å². The first kappa shape index (κ1) is 21.9. The monoisotopic (exact) mass is 469 g/mol. The molecule has 1 amide bonds. The van der Waals surface area contributed by atoms with E-state index in [9.17, 15) is 4.79 Å². The number of amides is 1. The van der Waals surface area contributed by atoms with E-state index in [0.29, 0.717) is 46.2 Å². The molecular formula is C27H24ClN5O. The predicted octanol–water partition coefficient (Wildman–Crippen LogP) is 5.23. The van der Waals surface area contributed by atoms with Gasteiger partial charge in [-0.05, 0) is 42.2 Å². The van der Waals surface area contributed by atoms with E-state index in [2.05, 4.69) is 17.4 Å². The molecule has 2 aromatic heterocycles. The Morgan fingerprint density at radius 2 is 1.59 bits per heavy atom. The van der Waals surface area contributed by atoms with Crippen molar-refractivity contribution in [3.8, 4) is 0 Å². The van der Waals surface area contributed by atoms with E-state index in [-0.39, 0.29) is 5.91 Å². The van der Waals surface area contributed by atoms with Gasteiger partial charge in [0.25, 0.3) is 5.91 Å². The molecule has 0 fully saturated rings. The SMILES string of the molecule is Nc1c(C(=O)NCCCc2ccccc2)c2nc3ccccc3nc2n1Cc1ccccc1Cl. The van der Waals surface area contributed by atoms with Crippen LogP contribution < -0.4 is 11.1 Å². The number of nitrogens with one attached hydrogen (secondary N) is 1. The Kier molecular flexibility index (Phi) is 6.14. The molecule has 0 unspecified atom stereocenters. The Labute approximate surface area is 202 Å². The molecule has 34 heavy (non-hydrogen) atoms. The number of anilines is 1. The van der Waals surface area contributed by atoms with E-state index in [1.807, 2.05) is 71.3 Å². The van der Waals surface area contributed by atoms with Gasteiger partial charge in [-0.2, -0.15) is 0 Å². The number of carbonyl (C=O) groups excluding carboxylic acids is 1. The van der Waals surface area contributed by atoms with E-state index >= 15 is 0 Å². The number of para-hydroxylation sites is 2. The zero-order valence-corrected chi connectivity index (χ0v) is 19.3. The molecular weight excluding hydrogens is 446 g/mol. The highest BCUT2D eigenvalue weighted by atomic mass is 35.5. The Morgan fingerprint density at radius 3 is 2.35 bits per heavy atom. The van der Waals surface area contributed by atoms with Gasteiger partial charge >= 0.3 is 0 Å². The third kappa shape index (κ3) is 4.32. The lowest BCUT2D eigenvalue weighted by Gasteiger charge is -2.10. The van der Waals surface area contributed by atoms with E-state index < -0.39 is 0 Å². The number of fused-ring (bicyclic) bond motifs is 2. The van der Waals surface area contributed by atoms with Gasteiger partial charge < -0.3 is 15.6 Å². The van der Waals surface area contributed by atoms with E-state index in [1.165, 1.54) is 5.56 Å². The number of hydrogen-bond acceptors (Lipinski definition) is 4. The van der Waals surface area contributed by atoms with Crippen LogP contribution in [0.25, 0.3) is 22.2 Å². The number of nitrogens with two attached hydrogens (primary N) is 1. The summed E-state index contributed by atoms with van der Waals surface area (Å²) in [5.41, 5.74) is 11.5. The molecule has 3 N–H and O–H groups in total. The molecule has 0 saturated heterocycles. The topological polar surface area (TPSA) is 85.8 Å². The fourth-order valence-corrected chi connectivity index (χ4v) is 4.32. The summed E-state index contributed by atoms with van der Waals surface area (Å²) in [5, 5.41) is 3.64. The number of nitrogen functional groups attached to an aromatic ring is 1. The fraction of sp³-hybridized carbons (Fsp3) is 0.148. The van der Waals surface area contributed by atoms with Crippen LogP contribution in [0.1, 0.15) is 27.9 Å². The van der Waals surface area contributed by atoms with Gasteiger partial charge in [-0.25, -0.2) is 9.97 Å². The molecule has 0 aliphatic carbocycles. The minimum Gasteiger partial charge on any atom is -0.384 e. The number of halogens is 1. The van der Waals surface area contributed by atoms with Crippen LogP contribution in [0.3, 0.4) is 0 Å². The third-order valence-corrected chi connectivity index (χ3v) is 6.24. The van der Waals surface area contributed by atoms with Gasteiger partial charge in [0, 0.05) is 11.6 Å². The highest BCUT2D eigenvalue weighted by molar-refractivity contribution is 6.31. The molecule has 0 bridgehead atoms. The van der Waals surface area contributed by atoms with Gasteiger partial charge in [0.15, 0.2) is 5.65 Å².